The van der Waals surface area contributed by atoms with Gasteiger partial charge in [0.15, 0.2) is 11.5 Å². The molecule has 0 aliphatic rings. The first-order valence-corrected chi connectivity index (χ1v) is 7.54. The van der Waals surface area contributed by atoms with Crippen LogP contribution in [0.3, 0.4) is 0 Å². The number of phenolic OH excluding ortho intramolecular Hbond substituents is 1. The van der Waals surface area contributed by atoms with Crippen LogP contribution in [0.25, 0.3) is 0 Å². The molecular formula is C16H14ClN3O5. The Kier molecular flexibility index (Phi) is 5.91. The number of nitro benzene ring substituents is 1. The number of aromatic hydroxyl groups is 1. The molecule has 0 aliphatic carbocycles. The average Bonchev–Trinajstić information content (AvgIpc) is 2.58. The first kappa shape index (κ1) is 18.2. The lowest BCUT2D eigenvalue weighted by atomic mass is 10.2. The third kappa shape index (κ3) is 4.45. The largest absolute Gasteiger partial charge is 0.504 e. The molecule has 0 fully saturated rings. The predicted octanol–water partition coefficient (Wildman–Crippen LogP) is 3.12. The smallest absolute Gasteiger partial charge is 0.282 e. The number of hydrogen-bond donors (Lipinski definition) is 2. The normalized spacial score (nSPS) is 10.6. The monoisotopic (exact) mass is 363 g/mol. The van der Waals surface area contributed by atoms with Crippen LogP contribution in [0.2, 0.25) is 5.02 Å². The van der Waals surface area contributed by atoms with Crippen molar-refractivity contribution in [3.05, 3.63) is 62.7 Å². The number of benzene rings is 2. The van der Waals surface area contributed by atoms with Gasteiger partial charge in [0.1, 0.15) is 5.56 Å². The maximum Gasteiger partial charge on any atom is 0.282 e. The highest BCUT2D eigenvalue weighted by Crippen LogP contribution is 2.32. The van der Waals surface area contributed by atoms with Gasteiger partial charge in [0.25, 0.3) is 11.6 Å². The summed E-state index contributed by atoms with van der Waals surface area (Å²) in [5, 5.41) is 25.0. The van der Waals surface area contributed by atoms with Gasteiger partial charge in [-0.25, -0.2) is 5.43 Å². The molecule has 1 amide bonds. The second kappa shape index (κ2) is 8.11. The summed E-state index contributed by atoms with van der Waals surface area (Å²) in [5.74, 6) is -0.758. The van der Waals surface area contributed by atoms with Crippen molar-refractivity contribution in [3.63, 3.8) is 0 Å². The molecule has 2 aromatic carbocycles. The van der Waals surface area contributed by atoms with Gasteiger partial charge in [-0.15, -0.1) is 0 Å². The number of hydrogen-bond acceptors (Lipinski definition) is 6. The molecule has 0 aliphatic heterocycles. The third-order valence-corrected chi connectivity index (χ3v) is 3.30. The molecular weight excluding hydrogens is 350 g/mol. The lowest BCUT2D eigenvalue weighted by Crippen LogP contribution is -2.19. The lowest BCUT2D eigenvalue weighted by molar-refractivity contribution is -0.385. The quantitative estimate of drug-likeness (QED) is 0.465. The summed E-state index contributed by atoms with van der Waals surface area (Å²) in [4.78, 5) is 22.3. The summed E-state index contributed by atoms with van der Waals surface area (Å²) >= 11 is 5.94. The van der Waals surface area contributed by atoms with Crippen molar-refractivity contribution >= 4 is 29.4 Å². The molecule has 0 atom stereocenters. The Bertz CT molecular complexity index is 839. The van der Waals surface area contributed by atoms with E-state index in [0.717, 1.165) is 6.21 Å². The molecule has 0 bridgehead atoms. The van der Waals surface area contributed by atoms with Crippen LogP contribution in [-0.2, 0) is 0 Å². The number of nitro groups is 1. The van der Waals surface area contributed by atoms with Gasteiger partial charge in [-0.1, -0.05) is 23.7 Å². The Morgan fingerprint density at radius 3 is 2.84 bits per heavy atom. The summed E-state index contributed by atoms with van der Waals surface area (Å²) in [7, 11) is 0. The molecule has 0 radical (unpaired) electrons. The minimum absolute atomic E-state index is 0.130. The van der Waals surface area contributed by atoms with Crippen molar-refractivity contribution in [2.45, 2.75) is 6.92 Å². The van der Waals surface area contributed by atoms with E-state index in [1.165, 1.54) is 36.4 Å². The van der Waals surface area contributed by atoms with Crippen LogP contribution in [-0.4, -0.2) is 28.8 Å². The van der Waals surface area contributed by atoms with E-state index < -0.39 is 10.8 Å². The topological polar surface area (TPSA) is 114 Å². The molecule has 2 aromatic rings. The van der Waals surface area contributed by atoms with E-state index in [-0.39, 0.29) is 28.3 Å². The number of ether oxygens (including phenoxy) is 1. The minimum Gasteiger partial charge on any atom is -0.504 e. The van der Waals surface area contributed by atoms with Gasteiger partial charge in [0.2, 0.25) is 0 Å². The Morgan fingerprint density at radius 2 is 2.16 bits per heavy atom. The minimum atomic E-state index is -0.755. The average molecular weight is 364 g/mol. The van der Waals surface area contributed by atoms with E-state index in [2.05, 4.69) is 10.5 Å². The first-order valence-electron chi connectivity index (χ1n) is 7.16. The Morgan fingerprint density at radius 1 is 1.44 bits per heavy atom. The van der Waals surface area contributed by atoms with E-state index in [9.17, 15) is 20.0 Å². The molecule has 8 nitrogen and oxygen atoms in total. The van der Waals surface area contributed by atoms with Crippen molar-refractivity contribution < 1.29 is 19.6 Å². The highest BCUT2D eigenvalue weighted by atomic mass is 35.5. The van der Waals surface area contributed by atoms with Gasteiger partial charge in [-0.05, 0) is 19.1 Å². The summed E-state index contributed by atoms with van der Waals surface area (Å²) in [6.07, 6.45) is 1.16. The Balaban J connectivity index is 2.19. The number of rotatable bonds is 6. The molecule has 130 valence electrons. The maximum absolute atomic E-state index is 12.0. The van der Waals surface area contributed by atoms with E-state index >= 15 is 0 Å². The van der Waals surface area contributed by atoms with Crippen molar-refractivity contribution in [1.82, 2.24) is 5.43 Å². The zero-order chi connectivity index (χ0) is 18.4. The number of phenols is 1. The molecule has 0 heterocycles. The highest BCUT2D eigenvalue weighted by Gasteiger charge is 2.18. The number of halogens is 1. The van der Waals surface area contributed by atoms with E-state index in [4.69, 9.17) is 16.3 Å². The van der Waals surface area contributed by atoms with Crippen LogP contribution in [0.5, 0.6) is 11.5 Å². The fourth-order valence-corrected chi connectivity index (χ4v) is 2.22. The Hall–Kier alpha value is -3.13. The van der Waals surface area contributed by atoms with Gasteiger partial charge in [0, 0.05) is 22.7 Å². The molecule has 0 saturated heterocycles. The van der Waals surface area contributed by atoms with Crippen LogP contribution in [0.1, 0.15) is 22.8 Å². The number of para-hydroxylation sites is 1. The molecule has 0 unspecified atom stereocenters. The van der Waals surface area contributed by atoms with Crippen molar-refractivity contribution in [2.24, 2.45) is 5.10 Å². The lowest BCUT2D eigenvalue weighted by Gasteiger charge is -2.08. The summed E-state index contributed by atoms with van der Waals surface area (Å²) in [5.41, 5.74) is 1.93. The summed E-state index contributed by atoms with van der Waals surface area (Å²) in [6.45, 7) is 2.08. The standard InChI is InChI=1S/C16H14ClN3O5/c1-2-25-14-8-11(17)7-10(15(14)21)9-18-19-16(22)12-5-3-4-6-13(12)20(23)24/h3-9,21H,2H2,1H3,(H,19,22)/b18-9+. The fourth-order valence-electron chi connectivity index (χ4n) is 2.00. The molecule has 2 rings (SSSR count). The molecule has 0 spiro atoms. The van der Waals surface area contributed by atoms with E-state index in [0.29, 0.717) is 11.6 Å². The van der Waals surface area contributed by atoms with Crippen LogP contribution in [0.4, 0.5) is 5.69 Å². The van der Waals surface area contributed by atoms with Gasteiger partial charge in [-0.2, -0.15) is 5.10 Å². The summed E-state index contributed by atoms with van der Waals surface area (Å²) < 4.78 is 5.24. The number of hydrazone groups is 1. The van der Waals surface area contributed by atoms with Crippen LogP contribution >= 0.6 is 11.6 Å². The second-order valence-electron chi connectivity index (χ2n) is 4.75. The summed E-state index contributed by atoms with van der Waals surface area (Å²) in [6, 6.07) is 8.37. The van der Waals surface area contributed by atoms with Crippen LogP contribution < -0.4 is 10.2 Å². The predicted molar refractivity (Wildman–Crippen MR) is 92.4 cm³/mol. The zero-order valence-corrected chi connectivity index (χ0v) is 13.9. The maximum atomic E-state index is 12.0. The van der Waals surface area contributed by atoms with Gasteiger partial charge >= 0.3 is 0 Å². The molecule has 0 saturated carbocycles. The van der Waals surface area contributed by atoms with Gasteiger partial charge < -0.3 is 9.84 Å². The van der Waals surface area contributed by atoms with Crippen molar-refractivity contribution in [2.75, 3.05) is 6.61 Å². The fraction of sp³-hybridized carbons (Fsp3) is 0.125. The first-order chi connectivity index (χ1) is 11.9. The molecule has 2 N–H and O–H groups in total. The number of amides is 1. The number of carbonyl (C=O) groups is 1. The van der Waals surface area contributed by atoms with Crippen LogP contribution in [0, 0.1) is 10.1 Å². The molecule has 25 heavy (non-hydrogen) atoms. The van der Waals surface area contributed by atoms with Gasteiger partial charge in [-0.3, -0.25) is 14.9 Å². The van der Waals surface area contributed by atoms with E-state index in [1.54, 1.807) is 6.92 Å². The van der Waals surface area contributed by atoms with E-state index in [1.807, 2.05) is 0 Å². The third-order valence-electron chi connectivity index (χ3n) is 3.08. The molecule has 0 aromatic heterocycles. The SMILES string of the molecule is CCOc1cc(Cl)cc(/C=N/NC(=O)c2ccccc2[N+](=O)[O-])c1O. The molecule has 9 heteroatoms. The number of nitrogens with zero attached hydrogens (tertiary/aromatic N) is 2. The van der Waals surface area contributed by atoms with Gasteiger partial charge in [0.05, 0.1) is 17.7 Å². The highest BCUT2D eigenvalue weighted by molar-refractivity contribution is 6.31. The Labute approximate surface area is 147 Å². The van der Waals surface area contributed by atoms with Crippen LogP contribution in [0.15, 0.2) is 41.5 Å². The second-order valence-corrected chi connectivity index (χ2v) is 5.18. The zero-order valence-electron chi connectivity index (χ0n) is 13.1. The number of carbonyl (C=O) groups excluding carboxylic acids is 1. The number of nitrogens with one attached hydrogen (secondary N) is 1. The van der Waals surface area contributed by atoms with Crippen molar-refractivity contribution in [3.8, 4) is 11.5 Å². The van der Waals surface area contributed by atoms with Crippen molar-refractivity contribution in [1.29, 1.82) is 0 Å².